The quantitative estimate of drug-likeness (QED) is 0.164. The number of aliphatic hydroxyl groups excluding tert-OH is 1. The molecule has 0 saturated carbocycles. The van der Waals surface area contributed by atoms with Gasteiger partial charge in [-0.1, -0.05) is 68.8 Å². The van der Waals surface area contributed by atoms with E-state index in [-0.39, 0.29) is 34.9 Å². The van der Waals surface area contributed by atoms with Gasteiger partial charge in [-0.15, -0.1) is 0 Å². The van der Waals surface area contributed by atoms with Crippen LogP contribution in [0.25, 0.3) is 0 Å². The maximum absolute atomic E-state index is 12.9. The number of carbonyl (C=O) groups is 1. The Morgan fingerprint density at radius 3 is 2.29 bits per heavy atom. The minimum atomic E-state index is -2.13. The number of phenols is 1. The molecule has 1 amide bonds. The van der Waals surface area contributed by atoms with Gasteiger partial charge in [-0.25, -0.2) is 0 Å². The second-order valence-electron chi connectivity index (χ2n) is 13.5. The smallest absolute Gasteiger partial charge is 0.251 e. The van der Waals surface area contributed by atoms with E-state index < -0.39 is 8.32 Å². The van der Waals surface area contributed by atoms with Crippen LogP contribution in [-0.4, -0.2) is 43.1 Å². The molecular formula is C35H50N2O4Si. The van der Waals surface area contributed by atoms with Crippen LogP contribution in [0.15, 0.2) is 66.7 Å². The van der Waals surface area contributed by atoms with Gasteiger partial charge in [-0.05, 0) is 92.7 Å². The molecule has 0 bridgehead atoms. The summed E-state index contributed by atoms with van der Waals surface area (Å²) < 4.78 is 6.86. The van der Waals surface area contributed by atoms with Crippen LogP contribution < -0.4 is 10.6 Å². The summed E-state index contributed by atoms with van der Waals surface area (Å²) in [5.74, 6) is 0.0178. The highest BCUT2D eigenvalue weighted by Gasteiger charge is 2.39. The van der Waals surface area contributed by atoms with Gasteiger partial charge in [0.1, 0.15) is 5.75 Å². The Balaban J connectivity index is 1.68. The van der Waals surface area contributed by atoms with Crippen molar-refractivity contribution in [3.8, 4) is 5.75 Å². The van der Waals surface area contributed by atoms with Crippen LogP contribution in [-0.2, 0) is 23.9 Å². The number of hydrogen-bond acceptors (Lipinski definition) is 5. The number of aromatic hydroxyl groups is 1. The van der Waals surface area contributed by atoms with Crippen molar-refractivity contribution in [3.05, 3.63) is 100 Å². The standard InChI is InChI=1S/C35H50N2O4Si/c1-25-12-14-26(15-13-25)18-19-36-33(40)29-11-9-10-27(20-29)22-35(5,6)37-23-32(41-42(7,8)34(2,3)4)28-16-17-31(39)30(21-28)24-38/h9-17,20-21,32,37-39H,18-19,22-24H2,1-8H3,(H,36,40)/t32-/m1/s1. The zero-order chi connectivity index (χ0) is 31.1. The van der Waals surface area contributed by atoms with Crippen molar-refractivity contribution >= 4 is 14.2 Å². The maximum atomic E-state index is 12.9. The normalized spacial score (nSPS) is 13.2. The average Bonchev–Trinajstić information content (AvgIpc) is 2.91. The molecular weight excluding hydrogens is 540 g/mol. The molecule has 0 heterocycles. The second kappa shape index (κ2) is 14.0. The molecule has 0 fully saturated rings. The largest absolute Gasteiger partial charge is 0.508 e. The van der Waals surface area contributed by atoms with E-state index in [1.807, 2.05) is 30.3 Å². The molecule has 0 aliphatic rings. The van der Waals surface area contributed by atoms with Gasteiger partial charge < -0.3 is 25.3 Å². The number of amides is 1. The van der Waals surface area contributed by atoms with Gasteiger partial charge in [-0.2, -0.15) is 0 Å². The molecule has 0 aliphatic carbocycles. The van der Waals surface area contributed by atoms with Crippen LogP contribution in [0.1, 0.15) is 78.9 Å². The molecule has 0 spiro atoms. The highest BCUT2D eigenvalue weighted by molar-refractivity contribution is 6.74. The molecule has 1 atom stereocenters. The Kier molecular flexibility index (Phi) is 11.2. The van der Waals surface area contributed by atoms with Crippen LogP contribution in [0.3, 0.4) is 0 Å². The van der Waals surface area contributed by atoms with Crippen LogP contribution in [0.4, 0.5) is 0 Å². The lowest BCUT2D eigenvalue weighted by Crippen LogP contribution is -2.47. The van der Waals surface area contributed by atoms with Crippen LogP contribution in [0, 0.1) is 6.92 Å². The van der Waals surface area contributed by atoms with E-state index in [4.69, 9.17) is 4.43 Å². The number of carbonyl (C=O) groups excluding carboxylic acids is 1. The summed E-state index contributed by atoms with van der Waals surface area (Å²) in [5, 5.41) is 26.7. The Labute approximate surface area is 253 Å². The van der Waals surface area contributed by atoms with Crippen molar-refractivity contribution in [3.63, 3.8) is 0 Å². The molecule has 6 nitrogen and oxygen atoms in total. The number of hydrogen-bond donors (Lipinski definition) is 4. The first-order chi connectivity index (χ1) is 19.6. The van der Waals surface area contributed by atoms with Crippen molar-refractivity contribution in [2.24, 2.45) is 0 Å². The Morgan fingerprint density at radius 1 is 0.952 bits per heavy atom. The van der Waals surface area contributed by atoms with Crippen molar-refractivity contribution < 1.29 is 19.4 Å². The van der Waals surface area contributed by atoms with Gasteiger partial charge in [0, 0.05) is 29.8 Å². The second-order valence-corrected chi connectivity index (χ2v) is 18.3. The molecule has 0 aliphatic heterocycles. The Morgan fingerprint density at radius 2 is 1.64 bits per heavy atom. The monoisotopic (exact) mass is 590 g/mol. The van der Waals surface area contributed by atoms with Crippen molar-refractivity contribution in [2.75, 3.05) is 13.1 Å². The molecule has 3 rings (SSSR count). The first-order valence-corrected chi connectivity index (χ1v) is 17.8. The summed E-state index contributed by atoms with van der Waals surface area (Å²) >= 11 is 0. The molecule has 0 unspecified atom stereocenters. The topological polar surface area (TPSA) is 90.8 Å². The third kappa shape index (κ3) is 9.53. The molecule has 0 saturated heterocycles. The van der Waals surface area contributed by atoms with Crippen molar-refractivity contribution in [1.29, 1.82) is 0 Å². The molecule has 7 heteroatoms. The lowest BCUT2D eigenvalue weighted by Gasteiger charge is -2.40. The van der Waals surface area contributed by atoms with Gasteiger partial charge >= 0.3 is 0 Å². The summed E-state index contributed by atoms with van der Waals surface area (Å²) in [6, 6.07) is 21.6. The van der Waals surface area contributed by atoms with Crippen LogP contribution in [0.5, 0.6) is 5.75 Å². The molecule has 0 aromatic heterocycles. The molecule has 0 radical (unpaired) electrons. The van der Waals surface area contributed by atoms with E-state index in [2.05, 4.69) is 95.6 Å². The minimum absolute atomic E-state index is 0.0264. The van der Waals surface area contributed by atoms with Gasteiger partial charge in [0.25, 0.3) is 5.91 Å². The van der Waals surface area contributed by atoms with E-state index in [0.29, 0.717) is 24.2 Å². The van der Waals surface area contributed by atoms with E-state index in [1.165, 1.54) is 11.1 Å². The fraction of sp³-hybridized carbons (Fsp3) is 0.457. The predicted octanol–water partition coefficient (Wildman–Crippen LogP) is 6.84. The molecule has 3 aromatic rings. The number of aryl methyl sites for hydroxylation is 1. The van der Waals surface area contributed by atoms with E-state index in [1.54, 1.807) is 6.07 Å². The third-order valence-electron chi connectivity index (χ3n) is 8.31. The van der Waals surface area contributed by atoms with Gasteiger partial charge in [0.2, 0.25) is 0 Å². The van der Waals surface area contributed by atoms with E-state index in [9.17, 15) is 15.0 Å². The zero-order valence-electron chi connectivity index (χ0n) is 26.7. The number of benzene rings is 3. The average molecular weight is 591 g/mol. The summed E-state index contributed by atoms with van der Waals surface area (Å²) in [4.78, 5) is 12.9. The fourth-order valence-corrected chi connectivity index (χ4v) is 5.92. The lowest BCUT2D eigenvalue weighted by molar-refractivity contribution is 0.0954. The van der Waals surface area contributed by atoms with Crippen LogP contribution in [0.2, 0.25) is 18.1 Å². The number of aliphatic hydroxyl groups is 1. The fourth-order valence-electron chi connectivity index (χ4n) is 4.63. The first-order valence-electron chi connectivity index (χ1n) is 14.9. The van der Waals surface area contributed by atoms with E-state index >= 15 is 0 Å². The Bertz CT molecular complexity index is 1330. The number of rotatable bonds is 13. The van der Waals surface area contributed by atoms with Crippen molar-refractivity contribution in [2.45, 2.75) is 90.8 Å². The predicted molar refractivity (Wildman–Crippen MR) is 174 cm³/mol. The van der Waals surface area contributed by atoms with Gasteiger partial charge in [0.05, 0.1) is 12.7 Å². The van der Waals surface area contributed by atoms with Crippen LogP contribution >= 0.6 is 0 Å². The summed E-state index contributed by atoms with van der Waals surface area (Å²) in [6.07, 6.45) is 1.27. The molecule has 42 heavy (non-hydrogen) atoms. The molecule has 3 aromatic carbocycles. The Hall–Kier alpha value is -2.97. The molecule has 228 valence electrons. The highest BCUT2D eigenvalue weighted by Crippen LogP contribution is 2.40. The maximum Gasteiger partial charge on any atom is 0.251 e. The van der Waals surface area contributed by atoms with Crippen molar-refractivity contribution in [1.82, 2.24) is 10.6 Å². The first kappa shape index (κ1) is 33.5. The lowest BCUT2D eigenvalue weighted by atomic mass is 9.93. The summed E-state index contributed by atoms with van der Waals surface area (Å²) in [5.41, 5.74) is 5.30. The summed E-state index contributed by atoms with van der Waals surface area (Å²) in [6.45, 7) is 18.4. The molecule has 4 N–H and O–H groups in total. The highest BCUT2D eigenvalue weighted by atomic mass is 28.4. The summed E-state index contributed by atoms with van der Waals surface area (Å²) in [7, 11) is -2.13. The number of nitrogens with one attached hydrogen (secondary N) is 2. The zero-order valence-corrected chi connectivity index (χ0v) is 27.7. The third-order valence-corrected chi connectivity index (χ3v) is 12.8. The minimum Gasteiger partial charge on any atom is -0.508 e. The van der Waals surface area contributed by atoms with E-state index in [0.717, 1.165) is 24.0 Å². The SMILES string of the molecule is Cc1ccc(CCNC(=O)c2cccc(CC(C)(C)NC[C@@H](O[Si](C)(C)C(C)(C)C)c3ccc(O)c(CO)c3)c2)cc1. The van der Waals surface area contributed by atoms with Gasteiger partial charge in [0.15, 0.2) is 8.32 Å². The van der Waals surface area contributed by atoms with Gasteiger partial charge in [-0.3, -0.25) is 4.79 Å².